The van der Waals surface area contributed by atoms with Crippen LogP contribution in [0.5, 0.6) is 0 Å². The second-order valence-electron chi connectivity index (χ2n) is 1.43. The fraction of sp³-hybridized carbons (Fsp3) is 0.600. The van der Waals surface area contributed by atoms with Crippen LogP contribution in [-0.4, -0.2) is 22.2 Å². The number of hydrogen-bond donors (Lipinski definition) is 1. The van der Waals surface area contributed by atoms with Crippen molar-refractivity contribution in [1.82, 2.24) is 5.32 Å². The predicted octanol–water partition coefficient (Wildman–Crippen LogP) is -0.134. The van der Waals surface area contributed by atoms with E-state index in [1.54, 1.807) is 0 Å². The van der Waals surface area contributed by atoms with Crippen LogP contribution >= 0.6 is 0 Å². The highest BCUT2D eigenvalue weighted by atomic mass is 28.2. The van der Waals surface area contributed by atoms with Gasteiger partial charge in [0.2, 0.25) is 0 Å². The number of nitrogens with one attached hydrogen (secondary N) is 1. The van der Waals surface area contributed by atoms with Crippen LogP contribution in [0.1, 0.15) is 6.92 Å². The van der Waals surface area contributed by atoms with Gasteiger partial charge in [-0.25, -0.2) is 0 Å². The zero-order valence-corrected chi connectivity index (χ0v) is 6.32. The highest BCUT2D eigenvalue weighted by Gasteiger charge is 1.75. The van der Waals surface area contributed by atoms with E-state index in [2.05, 4.69) is 24.5 Å². The first kappa shape index (κ1) is 6.92. The molecule has 0 bridgehead atoms. The van der Waals surface area contributed by atoms with Gasteiger partial charge in [0.1, 0.15) is 0 Å². The van der Waals surface area contributed by atoms with Crippen LogP contribution in [0, 0.1) is 0 Å². The highest BCUT2D eigenvalue weighted by Crippen LogP contribution is 1.56. The zero-order chi connectivity index (χ0) is 5.54. The van der Waals surface area contributed by atoms with Crippen LogP contribution in [0.15, 0.2) is 12.3 Å². The normalized spacial score (nSPS) is 10.4. The van der Waals surface area contributed by atoms with Gasteiger partial charge in [0.15, 0.2) is 0 Å². The summed E-state index contributed by atoms with van der Waals surface area (Å²) in [6.07, 6.45) is 1.21. The van der Waals surface area contributed by atoms with Crippen LogP contribution < -0.4 is 5.32 Å². The van der Waals surface area contributed by atoms with Gasteiger partial charge in [-0.3, -0.25) is 0 Å². The Labute approximate surface area is 47.6 Å². The number of rotatable bonds is 4. The molecule has 42 valence electrons. The highest BCUT2D eigenvalue weighted by molar-refractivity contribution is 6.41. The van der Waals surface area contributed by atoms with Crippen molar-refractivity contribution in [3.63, 3.8) is 0 Å². The van der Waals surface area contributed by atoms with Crippen molar-refractivity contribution in [3.05, 3.63) is 12.3 Å². The molecule has 0 atom stereocenters. The smallest absolute Gasteiger partial charge is 0.0601 e. The minimum atomic E-state index is 0.0635. The lowest BCUT2D eigenvalue weighted by molar-refractivity contribution is 0.831. The van der Waals surface area contributed by atoms with E-state index in [1.807, 2.05) is 0 Å². The van der Waals surface area contributed by atoms with E-state index in [0.29, 0.717) is 0 Å². The van der Waals surface area contributed by atoms with Gasteiger partial charge in [-0.15, -0.1) is 12.3 Å². The molecule has 1 nitrogen and oxygen atoms in total. The summed E-state index contributed by atoms with van der Waals surface area (Å²) in [7, 11) is 0.0635. The van der Waals surface area contributed by atoms with E-state index in [9.17, 15) is 0 Å². The first-order chi connectivity index (χ1) is 3.41. The van der Waals surface area contributed by atoms with Gasteiger partial charge in [0.05, 0.1) is 9.52 Å². The summed E-state index contributed by atoms with van der Waals surface area (Å²) in [5.41, 5.74) is 2.06. The lowest BCUT2D eigenvalue weighted by Crippen LogP contribution is -2.18. The molecule has 0 fully saturated rings. The Morgan fingerprint density at radius 3 is 3.00 bits per heavy atom. The Kier molecular flexibility index (Phi) is 5.85. The van der Waals surface area contributed by atoms with E-state index in [0.717, 1.165) is 6.54 Å². The van der Waals surface area contributed by atoms with Gasteiger partial charge < -0.3 is 5.32 Å². The van der Waals surface area contributed by atoms with Crippen molar-refractivity contribution >= 4 is 9.52 Å². The maximum Gasteiger partial charge on any atom is 0.0601 e. The van der Waals surface area contributed by atoms with Crippen LogP contribution in [-0.2, 0) is 0 Å². The minimum absolute atomic E-state index is 0.0635. The van der Waals surface area contributed by atoms with Crippen LogP contribution in [0.3, 0.4) is 0 Å². The molecule has 1 N–H and O–H groups in total. The third-order valence-electron chi connectivity index (χ3n) is 0.775. The Morgan fingerprint density at radius 1 is 1.86 bits per heavy atom. The summed E-state index contributed by atoms with van der Waals surface area (Å²) in [5, 5.41) is 3.24. The molecule has 0 aliphatic carbocycles. The summed E-state index contributed by atoms with van der Waals surface area (Å²) in [5.74, 6) is 0. The molecule has 0 heterocycles. The zero-order valence-electron chi connectivity index (χ0n) is 4.91. The first-order valence-corrected chi connectivity index (χ1v) is 4.55. The molecule has 0 rings (SSSR count). The van der Waals surface area contributed by atoms with Crippen LogP contribution in [0.25, 0.3) is 0 Å². The maximum absolute atomic E-state index is 3.65. The van der Waals surface area contributed by atoms with Gasteiger partial charge in [-0.1, -0.05) is 6.92 Å². The SMILES string of the molecule is C=C[SiH2]CNCC. The molecule has 0 aromatic heterocycles. The second kappa shape index (κ2) is 5.92. The minimum Gasteiger partial charge on any atom is -0.320 e. The van der Waals surface area contributed by atoms with E-state index < -0.39 is 0 Å². The molecule has 0 aliphatic heterocycles. The molecule has 0 saturated carbocycles. The molecule has 0 unspecified atom stereocenters. The van der Waals surface area contributed by atoms with Gasteiger partial charge in [-0.2, -0.15) is 0 Å². The second-order valence-corrected chi connectivity index (χ2v) is 3.09. The van der Waals surface area contributed by atoms with Crippen molar-refractivity contribution in [1.29, 1.82) is 0 Å². The van der Waals surface area contributed by atoms with Gasteiger partial charge in [-0.05, 0) is 12.7 Å². The molecule has 2 heteroatoms. The van der Waals surface area contributed by atoms with Crippen molar-refractivity contribution in [2.75, 3.05) is 12.7 Å². The quantitative estimate of drug-likeness (QED) is 0.397. The van der Waals surface area contributed by atoms with E-state index in [1.165, 1.54) is 6.17 Å². The number of hydrogen-bond acceptors (Lipinski definition) is 1. The first-order valence-electron chi connectivity index (χ1n) is 2.73. The standard InChI is InChI=1S/C5H13NSi/c1-3-6-5-7-4-2/h4,6H,2-3,5,7H2,1H3. The van der Waals surface area contributed by atoms with Gasteiger partial charge >= 0.3 is 0 Å². The van der Waals surface area contributed by atoms with Crippen molar-refractivity contribution in [2.24, 2.45) is 0 Å². The van der Waals surface area contributed by atoms with E-state index in [4.69, 9.17) is 0 Å². The topological polar surface area (TPSA) is 12.0 Å². The lowest BCUT2D eigenvalue weighted by Gasteiger charge is -1.92. The van der Waals surface area contributed by atoms with Crippen molar-refractivity contribution in [3.8, 4) is 0 Å². The summed E-state index contributed by atoms with van der Waals surface area (Å²) in [6, 6.07) is 0. The summed E-state index contributed by atoms with van der Waals surface area (Å²) < 4.78 is 0. The largest absolute Gasteiger partial charge is 0.320 e. The lowest BCUT2D eigenvalue weighted by atomic mass is 10.8. The Hall–Kier alpha value is -0.0831. The van der Waals surface area contributed by atoms with Gasteiger partial charge in [0, 0.05) is 0 Å². The van der Waals surface area contributed by atoms with E-state index in [-0.39, 0.29) is 9.52 Å². The Balaban J connectivity index is 2.56. The van der Waals surface area contributed by atoms with Crippen LogP contribution in [0.2, 0.25) is 0 Å². The Morgan fingerprint density at radius 2 is 2.57 bits per heavy atom. The molecular weight excluding hydrogens is 102 g/mol. The van der Waals surface area contributed by atoms with Gasteiger partial charge in [0.25, 0.3) is 0 Å². The molecule has 0 amide bonds. The maximum atomic E-state index is 3.65. The van der Waals surface area contributed by atoms with E-state index >= 15 is 0 Å². The fourth-order valence-corrected chi connectivity index (χ4v) is 1.14. The molecule has 0 spiro atoms. The molecule has 0 aromatic rings. The third-order valence-corrected chi connectivity index (χ3v) is 1.83. The van der Waals surface area contributed by atoms with Crippen molar-refractivity contribution in [2.45, 2.75) is 6.92 Å². The molecular formula is C5H13NSi. The molecule has 0 radical (unpaired) electrons. The molecule has 0 aliphatic rings. The molecule has 7 heavy (non-hydrogen) atoms. The average molecular weight is 115 g/mol. The summed E-state index contributed by atoms with van der Waals surface area (Å²) in [6.45, 7) is 6.87. The Bertz CT molecular complexity index is 45.3. The average Bonchev–Trinajstić information content (AvgIpc) is 1.69. The molecule has 0 saturated heterocycles. The third kappa shape index (κ3) is 5.92. The summed E-state index contributed by atoms with van der Waals surface area (Å²) >= 11 is 0. The van der Waals surface area contributed by atoms with Crippen LogP contribution in [0.4, 0.5) is 0 Å². The summed E-state index contributed by atoms with van der Waals surface area (Å²) in [4.78, 5) is 0. The molecule has 0 aromatic carbocycles. The van der Waals surface area contributed by atoms with Crippen molar-refractivity contribution < 1.29 is 0 Å². The fourth-order valence-electron chi connectivity index (χ4n) is 0.381. The monoisotopic (exact) mass is 115 g/mol. The predicted molar refractivity (Wildman–Crippen MR) is 37.3 cm³/mol.